The maximum absolute atomic E-state index is 11.1. The number of hydrogen-bond donors (Lipinski definition) is 1. The van der Waals surface area contributed by atoms with Crippen molar-refractivity contribution in [3.63, 3.8) is 0 Å². The second kappa shape index (κ2) is 14.1. The van der Waals surface area contributed by atoms with Gasteiger partial charge in [-0.05, 0) is 13.3 Å². The molecular weight excluding hydrogens is 206 g/mol. The normalized spacial score (nSPS) is 9.00. The molecule has 0 aliphatic heterocycles. The average molecular weight is 231 g/mol. The molecule has 0 aromatic rings. The Morgan fingerprint density at radius 3 is 2.25 bits per heavy atom. The molecule has 16 heavy (non-hydrogen) atoms. The number of ether oxygens (including phenoxy) is 1. The van der Waals surface area contributed by atoms with Crippen molar-refractivity contribution < 1.29 is 14.3 Å². The highest BCUT2D eigenvalue weighted by Gasteiger charge is 2.00. The highest BCUT2D eigenvalue weighted by molar-refractivity contribution is 5.78. The molecular formula is C12H25NO3. The topological polar surface area (TPSA) is 55.4 Å². The largest absolute Gasteiger partial charge is 0.381 e. The number of hydrogen-bond acceptors (Lipinski definition) is 3. The molecule has 0 rings (SSSR count). The van der Waals surface area contributed by atoms with Crippen LogP contribution in [0.25, 0.3) is 0 Å². The molecule has 0 bridgehead atoms. The smallest absolute Gasteiger partial charge is 0.222 e. The lowest BCUT2D eigenvalue weighted by Gasteiger charge is -2.04. The molecule has 0 spiro atoms. The SMILES string of the molecule is CC.CCCOCCC(=O)NCCC(C)=O. The van der Waals surface area contributed by atoms with Gasteiger partial charge in [-0.15, -0.1) is 0 Å². The van der Waals surface area contributed by atoms with E-state index in [4.69, 9.17) is 4.74 Å². The van der Waals surface area contributed by atoms with E-state index in [-0.39, 0.29) is 11.7 Å². The molecule has 0 aromatic carbocycles. The summed E-state index contributed by atoms with van der Waals surface area (Å²) in [5, 5.41) is 2.65. The Balaban J connectivity index is 0. The van der Waals surface area contributed by atoms with Crippen molar-refractivity contribution in [3.05, 3.63) is 0 Å². The van der Waals surface area contributed by atoms with E-state index in [1.165, 1.54) is 6.92 Å². The molecule has 0 fully saturated rings. The third-order valence-electron chi connectivity index (χ3n) is 1.62. The summed E-state index contributed by atoms with van der Waals surface area (Å²) in [7, 11) is 0. The van der Waals surface area contributed by atoms with Gasteiger partial charge in [-0.2, -0.15) is 0 Å². The fraction of sp³-hybridized carbons (Fsp3) is 0.833. The van der Waals surface area contributed by atoms with Crippen LogP contribution in [0.15, 0.2) is 0 Å². The summed E-state index contributed by atoms with van der Waals surface area (Å²) in [5.41, 5.74) is 0. The van der Waals surface area contributed by atoms with Crippen LogP contribution < -0.4 is 5.32 Å². The fourth-order valence-corrected chi connectivity index (χ4v) is 0.878. The standard InChI is InChI=1S/C10H19NO3.C2H6/c1-3-7-14-8-5-10(13)11-6-4-9(2)12;1-2/h3-8H2,1-2H3,(H,11,13);1-2H3. The van der Waals surface area contributed by atoms with Crippen molar-refractivity contribution in [3.8, 4) is 0 Å². The van der Waals surface area contributed by atoms with Crippen LogP contribution in [0.3, 0.4) is 0 Å². The molecule has 4 nitrogen and oxygen atoms in total. The second-order valence-electron chi connectivity index (χ2n) is 3.16. The van der Waals surface area contributed by atoms with Crippen LogP contribution in [-0.2, 0) is 14.3 Å². The molecule has 0 atom stereocenters. The Bertz CT molecular complexity index is 181. The van der Waals surface area contributed by atoms with Crippen LogP contribution in [0.1, 0.15) is 47.0 Å². The zero-order valence-electron chi connectivity index (χ0n) is 11.0. The fourth-order valence-electron chi connectivity index (χ4n) is 0.878. The molecule has 0 saturated carbocycles. The minimum atomic E-state index is -0.0534. The molecule has 0 aliphatic carbocycles. The zero-order valence-corrected chi connectivity index (χ0v) is 11.0. The lowest BCUT2D eigenvalue weighted by atomic mass is 10.3. The first kappa shape index (κ1) is 17.5. The lowest BCUT2D eigenvalue weighted by Crippen LogP contribution is -2.26. The van der Waals surface area contributed by atoms with E-state index in [2.05, 4.69) is 5.32 Å². The number of ketones is 1. The molecule has 0 aromatic heterocycles. The summed E-state index contributed by atoms with van der Waals surface area (Å²) in [4.78, 5) is 21.6. The third kappa shape index (κ3) is 15.6. The average Bonchev–Trinajstić information content (AvgIpc) is 2.27. The maximum atomic E-state index is 11.1. The van der Waals surface area contributed by atoms with E-state index < -0.39 is 0 Å². The van der Waals surface area contributed by atoms with Crippen LogP contribution in [0.4, 0.5) is 0 Å². The molecule has 4 heteroatoms. The summed E-state index contributed by atoms with van der Waals surface area (Å²) >= 11 is 0. The van der Waals surface area contributed by atoms with Gasteiger partial charge in [-0.1, -0.05) is 20.8 Å². The van der Waals surface area contributed by atoms with Gasteiger partial charge in [0.1, 0.15) is 5.78 Å². The number of Topliss-reactive ketones (excluding diaryl/α,β-unsaturated/α-hetero) is 1. The van der Waals surface area contributed by atoms with Gasteiger partial charge in [-0.25, -0.2) is 0 Å². The van der Waals surface area contributed by atoms with Crippen LogP contribution in [0, 0.1) is 0 Å². The Morgan fingerprint density at radius 1 is 1.12 bits per heavy atom. The minimum Gasteiger partial charge on any atom is -0.381 e. The van der Waals surface area contributed by atoms with Crippen LogP contribution in [-0.4, -0.2) is 31.4 Å². The lowest BCUT2D eigenvalue weighted by molar-refractivity contribution is -0.122. The van der Waals surface area contributed by atoms with Crippen LogP contribution in [0.5, 0.6) is 0 Å². The second-order valence-corrected chi connectivity index (χ2v) is 3.16. The van der Waals surface area contributed by atoms with Crippen LogP contribution in [0.2, 0.25) is 0 Å². The van der Waals surface area contributed by atoms with Crippen molar-refractivity contribution in [1.82, 2.24) is 5.32 Å². The van der Waals surface area contributed by atoms with E-state index in [1.807, 2.05) is 20.8 Å². The van der Waals surface area contributed by atoms with E-state index in [0.29, 0.717) is 32.6 Å². The number of carbonyl (C=O) groups excluding carboxylic acids is 2. The molecule has 0 radical (unpaired) electrons. The predicted octanol–water partition coefficient (Wildman–Crippen LogP) is 1.92. The Hall–Kier alpha value is -0.900. The Labute approximate surface area is 98.7 Å². The van der Waals surface area contributed by atoms with Gasteiger partial charge in [0.25, 0.3) is 0 Å². The zero-order chi connectivity index (χ0) is 12.8. The highest BCUT2D eigenvalue weighted by atomic mass is 16.5. The first-order valence-corrected chi connectivity index (χ1v) is 6.00. The summed E-state index contributed by atoms with van der Waals surface area (Å²) in [5.74, 6) is 0.0369. The van der Waals surface area contributed by atoms with Gasteiger partial charge in [-0.3, -0.25) is 9.59 Å². The number of carbonyl (C=O) groups is 2. The van der Waals surface area contributed by atoms with Gasteiger partial charge in [0.15, 0.2) is 0 Å². The highest BCUT2D eigenvalue weighted by Crippen LogP contribution is 1.86. The molecule has 96 valence electrons. The molecule has 1 N–H and O–H groups in total. The molecule has 0 unspecified atom stereocenters. The van der Waals surface area contributed by atoms with Gasteiger partial charge in [0.2, 0.25) is 5.91 Å². The Morgan fingerprint density at radius 2 is 1.75 bits per heavy atom. The third-order valence-corrected chi connectivity index (χ3v) is 1.62. The van der Waals surface area contributed by atoms with Crippen molar-refractivity contribution >= 4 is 11.7 Å². The van der Waals surface area contributed by atoms with E-state index in [0.717, 1.165) is 6.42 Å². The summed E-state index contributed by atoms with van der Waals surface area (Å²) in [6, 6.07) is 0. The molecule has 0 aliphatic rings. The minimum absolute atomic E-state index is 0.0534. The summed E-state index contributed by atoms with van der Waals surface area (Å²) in [6.07, 6.45) is 1.74. The van der Waals surface area contributed by atoms with E-state index in [1.54, 1.807) is 0 Å². The van der Waals surface area contributed by atoms with Crippen molar-refractivity contribution in [2.75, 3.05) is 19.8 Å². The Kier molecular flexibility index (Phi) is 15.4. The molecule has 0 saturated heterocycles. The van der Waals surface area contributed by atoms with Gasteiger partial charge >= 0.3 is 0 Å². The predicted molar refractivity (Wildman–Crippen MR) is 65.4 cm³/mol. The summed E-state index contributed by atoms with van der Waals surface area (Å²) < 4.78 is 5.15. The van der Waals surface area contributed by atoms with E-state index >= 15 is 0 Å². The summed E-state index contributed by atoms with van der Waals surface area (Å²) in [6.45, 7) is 9.12. The van der Waals surface area contributed by atoms with Crippen LogP contribution >= 0.6 is 0 Å². The number of amides is 1. The van der Waals surface area contributed by atoms with Gasteiger partial charge in [0, 0.05) is 26.0 Å². The molecule has 1 amide bonds. The van der Waals surface area contributed by atoms with Crippen molar-refractivity contribution in [2.45, 2.75) is 47.0 Å². The van der Waals surface area contributed by atoms with Crippen molar-refractivity contribution in [1.29, 1.82) is 0 Å². The molecule has 0 heterocycles. The van der Waals surface area contributed by atoms with Gasteiger partial charge in [0.05, 0.1) is 6.61 Å². The monoisotopic (exact) mass is 231 g/mol. The number of rotatable bonds is 8. The first-order chi connectivity index (χ1) is 7.66. The number of nitrogens with one attached hydrogen (secondary N) is 1. The van der Waals surface area contributed by atoms with Crippen molar-refractivity contribution in [2.24, 2.45) is 0 Å². The quantitative estimate of drug-likeness (QED) is 0.649. The maximum Gasteiger partial charge on any atom is 0.222 e. The first-order valence-electron chi connectivity index (χ1n) is 6.00. The van der Waals surface area contributed by atoms with E-state index in [9.17, 15) is 9.59 Å². The van der Waals surface area contributed by atoms with Gasteiger partial charge < -0.3 is 10.1 Å².